The van der Waals surface area contributed by atoms with Gasteiger partial charge in [0.05, 0.1) is 5.70 Å². The minimum Gasteiger partial charge on any atom is -0.260 e. The predicted molar refractivity (Wildman–Crippen MR) is 77.3 cm³/mol. The molecule has 0 atom stereocenters. The fourth-order valence-corrected chi connectivity index (χ4v) is 1.56. The van der Waals surface area contributed by atoms with Crippen molar-refractivity contribution in [3.8, 4) is 0 Å². The Hall–Kier alpha value is -1.63. The molecule has 1 heteroatoms. The zero-order valence-corrected chi connectivity index (χ0v) is 11.0. The molecule has 0 aromatic heterocycles. The summed E-state index contributed by atoms with van der Waals surface area (Å²) in [6.07, 6.45) is 18.8. The van der Waals surface area contributed by atoms with Crippen LogP contribution in [0.3, 0.4) is 0 Å². The van der Waals surface area contributed by atoms with Crippen LogP contribution in [0.2, 0.25) is 0 Å². The lowest BCUT2D eigenvalue weighted by Gasteiger charge is -1.99. The summed E-state index contributed by atoms with van der Waals surface area (Å²) in [7, 11) is 0. The average Bonchev–Trinajstić information content (AvgIpc) is 2.74. The third-order valence-electron chi connectivity index (χ3n) is 2.44. The number of nitrogens with zero attached hydrogens (tertiary/aromatic N) is 1. The molecule has 2 aliphatic rings. The smallest absolute Gasteiger partial charge is 0.0697 e. The summed E-state index contributed by atoms with van der Waals surface area (Å²) in [6.45, 7) is 6.15. The molecule has 2 rings (SSSR count). The fourth-order valence-electron chi connectivity index (χ4n) is 1.56. The maximum Gasteiger partial charge on any atom is 0.0697 e. The Morgan fingerprint density at radius 1 is 1.06 bits per heavy atom. The zero-order chi connectivity index (χ0) is 12.5. The van der Waals surface area contributed by atoms with Gasteiger partial charge in [-0.05, 0) is 25.0 Å². The monoisotopic (exact) mass is 227 g/mol. The van der Waals surface area contributed by atoms with Crippen molar-refractivity contribution >= 4 is 6.21 Å². The van der Waals surface area contributed by atoms with Gasteiger partial charge < -0.3 is 0 Å². The summed E-state index contributed by atoms with van der Waals surface area (Å²) in [6, 6.07) is 0. The van der Waals surface area contributed by atoms with E-state index < -0.39 is 0 Å². The van der Waals surface area contributed by atoms with E-state index in [0.29, 0.717) is 0 Å². The molecule has 0 N–H and O–H groups in total. The molecule has 0 unspecified atom stereocenters. The van der Waals surface area contributed by atoms with E-state index in [9.17, 15) is 0 Å². The van der Waals surface area contributed by atoms with Crippen LogP contribution < -0.4 is 0 Å². The van der Waals surface area contributed by atoms with Crippen LogP contribution in [0.5, 0.6) is 0 Å². The Balaban J connectivity index is 0.000000686. The van der Waals surface area contributed by atoms with Crippen molar-refractivity contribution in [2.75, 3.05) is 0 Å². The van der Waals surface area contributed by atoms with Gasteiger partial charge in [0.15, 0.2) is 0 Å². The lowest BCUT2D eigenvalue weighted by atomic mass is 10.1. The molecule has 0 saturated carbocycles. The molecule has 1 heterocycles. The second-order valence-corrected chi connectivity index (χ2v) is 3.77. The summed E-state index contributed by atoms with van der Waals surface area (Å²) in [5.41, 5.74) is 3.62. The summed E-state index contributed by atoms with van der Waals surface area (Å²) in [5, 5.41) is 0. The van der Waals surface area contributed by atoms with Crippen LogP contribution in [0.15, 0.2) is 64.4 Å². The van der Waals surface area contributed by atoms with E-state index in [1.807, 2.05) is 20.1 Å². The number of hydrogen-bond donors (Lipinski definition) is 0. The number of rotatable bonds is 1. The molecule has 0 amide bonds. The van der Waals surface area contributed by atoms with Crippen molar-refractivity contribution in [2.24, 2.45) is 4.99 Å². The van der Waals surface area contributed by atoms with E-state index in [2.05, 4.69) is 54.4 Å². The van der Waals surface area contributed by atoms with E-state index in [0.717, 1.165) is 18.5 Å². The van der Waals surface area contributed by atoms with Crippen molar-refractivity contribution in [1.82, 2.24) is 0 Å². The Kier molecular flexibility index (Phi) is 6.02. The molecular formula is C16H21N. The largest absolute Gasteiger partial charge is 0.260 e. The van der Waals surface area contributed by atoms with Crippen molar-refractivity contribution < 1.29 is 0 Å². The second kappa shape index (κ2) is 7.61. The van der Waals surface area contributed by atoms with Gasteiger partial charge in [0, 0.05) is 12.6 Å². The average molecular weight is 227 g/mol. The van der Waals surface area contributed by atoms with Crippen LogP contribution in [0, 0.1) is 0 Å². The summed E-state index contributed by atoms with van der Waals surface area (Å²) >= 11 is 0. The van der Waals surface area contributed by atoms with Crippen LogP contribution >= 0.6 is 0 Å². The van der Waals surface area contributed by atoms with Crippen LogP contribution in [0.4, 0.5) is 0 Å². The topological polar surface area (TPSA) is 12.4 Å². The molecule has 0 bridgehead atoms. The van der Waals surface area contributed by atoms with Crippen molar-refractivity contribution in [3.63, 3.8) is 0 Å². The third-order valence-corrected chi connectivity index (χ3v) is 2.44. The molecule has 1 aliphatic carbocycles. The van der Waals surface area contributed by atoms with Crippen molar-refractivity contribution in [1.29, 1.82) is 0 Å². The minimum absolute atomic E-state index is 0.922. The first-order chi connectivity index (χ1) is 8.36. The van der Waals surface area contributed by atoms with E-state index in [1.165, 1.54) is 11.1 Å². The summed E-state index contributed by atoms with van der Waals surface area (Å²) < 4.78 is 0. The fraction of sp³-hybridized carbons (Fsp3) is 0.312. The second-order valence-electron chi connectivity index (χ2n) is 3.77. The first kappa shape index (κ1) is 13.4. The molecule has 90 valence electrons. The van der Waals surface area contributed by atoms with Crippen LogP contribution in [0.25, 0.3) is 0 Å². The first-order valence-corrected chi connectivity index (χ1v) is 6.30. The van der Waals surface area contributed by atoms with E-state index >= 15 is 0 Å². The first-order valence-electron chi connectivity index (χ1n) is 6.30. The Morgan fingerprint density at radius 3 is 2.71 bits per heavy atom. The highest BCUT2D eigenvalue weighted by molar-refractivity contribution is 5.64. The normalized spacial score (nSPS) is 18.2. The number of aliphatic imine (C=N–C) groups is 1. The number of allylic oxidation sites excluding steroid dienone is 8. The van der Waals surface area contributed by atoms with Gasteiger partial charge in [-0.2, -0.15) is 0 Å². The molecule has 0 aromatic rings. The van der Waals surface area contributed by atoms with Gasteiger partial charge in [-0.15, -0.1) is 0 Å². The van der Waals surface area contributed by atoms with Gasteiger partial charge in [-0.1, -0.05) is 55.9 Å². The molecule has 17 heavy (non-hydrogen) atoms. The quantitative estimate of drug-likeness (QED) is 0.612. The molecular weight excluding hydrogens is 206 g/mol. The molecule has 0 aromatic carbocycles. The summed E-state index contributed by atoms with van der Waals surface area (Å²) in [4.78, 5) is 4.44. The highest BCUT2D eigenvalue weighted by Gasteiger charge is 2.01. The van der Waals surface area contributed by atoms with Crippen LogP contribution in [-0.4, -0.2) is 6.21 Å². The third kappa shape index (κ3) is 4.39. The minimum atomic E-state index is 0.922. The predicted octanol–water partition coefficient (Wildman–Crippen LogP) is 4.76. The van der Waals surface area contributed by atoms with Gasteiger partial charge >= 0.3 is 0 Å². The van der Waals surface area contributed by atoms with Crippen molar-refractivity contribution in [3.05, 3.63) is 59.4 Å². The standard InChI is InChI=1S/C14H15N.C2H6/c1-12-6-5-7-13(10-9-12)14-8-3-2-4-11-15-14;1-2/h2-3,5,7-11H,4,6H2,1H3;1-2H3. The molecule has 0 saturated heterocycles. The summed E-state index contributed by atoms with van der Waals surface area (Å²) in [5.74, 6) is 0. The SMILES string of the molecule is CC.CC1=CC=C(C2=CC=CCC=N2)C=CC1. The lowest BCUT2D eigenvalue weighted by Crippen LogP contribution is -1.82. The van der Waals surface area contributed by atoms with Gasteiger partial charge in [0.25, 0.3) is 0 Å². The molecule has 0 fully saturated rings. The Bertz CT molecular complexity index is 415. The van der Waals surface area contributed by atoms with Gasteiger partial charge in [0.2, 0.25) is 0 Å². The van der Waals surface area contributed by atoms with Crippen LogP contribution in [0.1, 0.15) is 33.6 Å². The van der Waals surface area contributed by atoms with Gasteiger partial charge in [-0.3, -0.25) is 4.99 Å². The van der Waals surface area contributed by atoms with Gasteiger partial charge in [-0.25, -0.2) is 0 Å². The number of hydrogen-bond acceptors (Lipinski definition) is 1. The maximum absolute atomic E-state index is 4.44. The Morgan fingerprint density at radius 2 is 1.88 bits per heavy atom. The Labute approximate surface area is 105 Å². The molecule has 1 aliphatic heterocycles. The lowest BCUT2D eigenvalue weighted by molar-refractivity contribution is 1.22. The highest BCUT2D eigenvalue weighted by Crippen LogP contribution is 2.19. The molecule has 1 nitrogen and oxygen atoms in total. The van der Waals surface area contributed by atoms with E-state index in [4.69, 9.17) is 0 Å². The van der Waals surface area contributed by atoms with E-state index in [-0.39, 0.29) is 0 Å². The highest BCUT2D eigenvalue weighted by atomic mass is 14.7. The van der Waals surface area contributed by atoms with E-state index in [1.54, 1.807) is 0 Å². The van der Waals surface area contributed by atoms with Gasteiger partial charge in [0.1, 0.15) is 0 Å². The zero-order valence-electron chi connectivity index (χ0n) is 11.0. The molecule has 0 spiro atoms. The van der Waals surface area contributed by atoms with Crippen LogP contribution in [-0.2, 0) is 0 Å². The molecule has 0 radical (unpaired) electrons. The van der Waals surface area contributed by atoms with Crippen molar-refractivity contribution in [2.45, 2.75) is 33.6 Å². The maximum atomic E-state index is 4.44.